The summed E-state index contributed by atoms with van der Waals surface area (Å²) in [6, 6.07) is 7.68. The van der Waals surface area contributed by atoms with Crippen LogP contribution in [0.3, 0.4) is 0 Å². The van der Waals surface area contributed by atoms with Crippen molar-refractivity contribution in [2.75, 3.05) is 37.6 Å². The Labute approximate surface area is 180 Å². The molecule has 7 nitrogen and oxygen atoms in total. The summed E-state index contributed by atoms with van der Waals surface area (Å²) in [5.41, 5.74) is 0.814. The average Bonchev–Trinajstić information content (AvgIpc) is 3.10. The number of hydrogen-bond acceptors (Lipinski definition) is 4. The van der Waals surface area contributed by atoms with Crippen molar-refractivity contribution in [2.45, 2.75) is 38.6 Å². The number of carbonyl (C=O) groups excluding carboxylic acids is 3. The Bertz CT molecular complexity index is 749. The van der Waals surface area contributed by atoms with Gasteiger partial charge >= 0.3 is 0 Å². The van der Waals surface area contributed by atoms with E-state index in [9.17, 15) is 14.4 Å². The van der Waals surface area contributed by atoms with E-state index >= 15 is 0 Å². The molecule has 2 saturated heterocycles. The van der Waals surface area contributed by atoms with Crippen molar-refractivity contribution in [3.8, 4) is 0 Å². The van der Waals surface area contributed by atoms with Gasteiger partial charge in [0.2, 0.25) is 17.7 Å². The lowest BCUT2D eigenvalue weighted by atomic mass is 10.0. The molecular formula is C21H29BrN4O3. The minimum atomic E-state index is -0.320. The molecule has 0 bridgehead atoms. The highest BCUT2D eigenvalue weighted by atomic mass is 79.9. The molecular weight excluding hydrogens is 436 g/mol. The van der Waals surface area contributed by atoms with Crippen LogP contribution in [0.25, 0.3) is 0 Å². The third kappa shape index (κ3) is 6.02. The summed E-state index contributed by atoms with van der Waals surface area (Å²) in [7, 11) is 0. The van der Waals surface area contributed by atoms with Gasteiger partial charge < -0.3 is 15.5 Å². The summed E-state index contributed by atoms with van der Waals surface area (Å²) < 4.78 is 0.908. The number of halogens is 1. The lowest BCUT2D eigenvalue weighted by molar-refractivity contribution is -0.127. The fraction of sp³-hybridized carbons (Fsp3) is 0.571. The Kier molecular flexibility index (Phi) is 7.66. The molecule has 3 rings (SSSR count). The van der Waals surface area contributed by atoms with E-state index in [1.807, 2.05) is 31.2 Å². The highest BCUT2D eigenvalue weighted by molar-refractivity contribution is 9.10. The molecule has 2 fully saturated rings. The second-order valence-corrected chi connectivity index (χ2v) is 8.71. The number of nitrogens with zero attached hydrogens (tertiary/aromatic N) is 2. The van der Waals surface area contributed by atoms with Gasteiger partial charge in [-0.05, 0) is 37.5 Å². The van der Waals surface area contributed by atoms with Gasteiger partial charge in [0.15, 0.2) is 0 Å². The van der Waals surface area contributed by atoms with Crippen LogP contribution in [-0.4, -0.2) is 61.4 Å². The van der Waals surface area contributed by atoms with Gasteiger partial charge in [-0.1, -0.05) is 28.9 Å². The van der Waals surface area contributed by atoms with Crippen LogP contribution in [0.1, 0.15) is 32.6 Å². The van der Waals surface area contributed by atoms with E-state index in [0.29, 0.717) is 19.6 Å². The van der Waals surface area contributed by atoms with Gasteiger partial charge in [-0.2, -0.15) is 0 Å². The molecule has 158 valence electrons. The van der Waals surface area contributed by atoms with Crippen LogP contribution in [0, 0.1) is 5.92 Å². The molecule has 1 unspecified atom stereocenters. The van der Waals surface area contributed by atoms with Gasteiger partial charge in [0.05, 0.1) is 12.5 Å². The molecule has 0 aromatic heterocycles. The van der Waals surface area contributed by atoms with Gasteiger partial charge in [0, 0.05) is 48.8 Å². The highest BCUT2D eigenvalue weighted by Gasteiger charge is 2.36. The van der Waals surface area contributed by atoms with Gasteiger partial charge in [0.25, 0.3) is 0 Å². The molecule has 8 heteroatoms. The molecule has 0 aliphatic carbocycles. The topological polar surface area (TPSA) is 81.8 Å². The van der Waals surface area contributed by atoms with Crippen molar-refractivity contribution in [3.05, 3.63) is 28.7 Å². The number of anilines is 1. The highest BCUT2D eigenvalue weighted by Crippen LogP contribution is 2.27. The average molecular weight is 465 g/mol. The molecule has 0 saturated carbocycles. The maximum absolute atomic E-state index is 12.7. The predicted octanol–water partition coefficient (Wildman–Crippen LogP) is 1.91. The molecule has 1 aromatic carbocycles. The third-order valence-electron chi connectivity index (χ3n) is 5.49. The summed E-state index contributed by atoms with van der Waals surface area (Å²) >= 11 is 3.42. The molecule has 0 radical (unpaired) electrons. The number of amides is 3. The van der Waals surface area contributed by atoms with Crippen LogP contribution >= 0.6 is 15.9 Å². The van der Waals surface area contributed by atoms with Crippen LogP contribution in [0.2, 0.25) is 0 Å². The summed E-state index contributed by atoms with van der Waals surface area (Å²) in [5, 5.41) is 6.01. The first-order valence-electron chi connectivity index (χ1n) is 10.3. The first-order valence-corrected chi connectivity index (χ1v) is 11.1. The molecule has 29 heavy (non-hydrogen) atoms. The number of benzene rings is 1. The maximum Gasteiger partial charge on any atom is 0.234 e. The molecule has 0 spiro atoms. The van der Waals surface area contributed by atoms with Gasteiger partial charge in [0.1, 0.15) is 0 Å². The fourth-order valence-electron chi connectivity index (χ4n) is 3.85. The zero-order valence-electron chi connectivity index (χ0n) is 16.8. The number of hydrogen-bond donors (Lipinski definition) is 2. The van der Waals surface area contributed by atoms with E-state index in [1.165, 1.54) is 0 Å². The second-order valence-electron chi connectivity index (χ2n) is 7.79. The van der Waals surface area contributed by atoms with Crippen LogP contribution in [0.5, 0.6) is 0 Å². The minimum absolute atomic E-state index is 0.0174. The van der Waals surface area contributed by atoms with Gasteiger partial charge in [-0.3, -0.25) is 19.3 Å². The van der Waals surface area contributed by atoms with E-state index in [-0.39, 0.29) is 36.1 Å². The van der Waals surface area contributed by atoms with E-state index in [2.05, 4.69) is 31.5 Å². The molecule has 1 atom stereocenters. The summed E-state index contributed by atoms with van der Waals surface area (Å²) in [6.07, 6.45) is 2.82. The summed E-state index contributed by atoms with van der Waals surface area (Å²) in [5.74, 6) is -0.322. The summed E-state index contributed by atoms with van der Waals surface area (Å²) in [4.78, 5) is 40.8. The number of rotatable bonds is 7. The Morgan fingerprint density at radius 1 is 1.24 bits per heavy atom. The van der Waals surface area contributed by atoms with Gasteiger partial charge in [-0.15, -0.1) is 0 Å². The number of carbonyl (C=O) groups is 3. The zero-order chi connectivity index (χ0) is 20.8. The molecule has 2 N–H and O–H groups in total. The van der Waals surface area contributed by atoms with Crippen LogP contribution in [0.4, 0.5) is 5.69 Å². The zero-order valence-corrected chi connectivity index (χ0v) is 18.4. The minimum Gasteiger partial charge on any atom is -0.355 e. The Morgan fingerprint density at radius 2 is 2.00 bits per heavy atom. The quantitative estimate of drug-likeness (QED) is 0.645. The maximum atomic E-state index is 12.7. The lowest BCUT2D eigenvalue weighted by Gasteiger charge is -2.32. The van der Waals surface area contributed by atoms with Crippen molar-refractivity contribution in [1.29, 1.82) is 0 Å². The van der Waals surface area contributed by atoms with Crippen LogP contribution in [0.15, 0.2) is 28.7 Å². The Balaban J connectivity index is 1.44. The largest absolute Gasteiger partial charge is 0.355 e. The first kappa shape index (κ1) is 21.8. The Hall–Kier alpha value is -1.93. The van der Waals surface area contributed by atoms with Crippen molar-refractivity contribution in [2.24, 2.45) is 5.92 Å². The number of nitrogens with one attached hydrogen (secondary N) is 2. The molecule has 3 amide bonds. The first-order chi connectivity index (χ1) is 14.0. The van der Waals surface area contributed by atoms with Crippen molar-refractivity contribution in [1.82, 2.24) is 15.5 Å². The van der Waals surface area contributed by atoms with Crippen LogP contribution in [-0.2, 0) is 14.4 Å². The van der Waals surface area contributed by atoms with E-state index in [1.54, 1.807) is 4.90 Å². The summed E-state index contributed by atoms with van der Waals surface area (Å²) in [6.45, 7) is 5.15. The van der Waals surface area contributed by atoms with E-state index < -0.39 is 0 Å². The van der Waals surface area contributed by atoms with E-state index in [4.69, 9.17) is 0 Å². The second kappa shape index (κ2) is 10.2. The Morgan fingerprint density at radius 3 is 2.69 bits per heavy atom. The van der Waals surface area contributed by atoms with Crippen molar-refractivity contribution < 1.29 is 14.4 Å². The molecule has 1 aromatic rings. The molecule has 2 aliphatic rings. The fourth-order valence-corrected chi connectivity index (χ4v) is 4.24. The smallest absolute Gasteiger partial charge is 0.234 e. The molecule has 2 heterocycles. The number of likely N-dealkylation sites (tertiary alicyclic amines) is 1. The van der Waals surface area contributed by atoms with Crippen LogP contribution < -0.4 is 15.5 Å². The lowest BCUT2D eigenvalue weighted by Crippen LogP contribution is -2.48. The molecule has 2 aliphatic heterocycles. The monoisotopic (exact) mass is 464 g/mol. The number of piperidine rings is 1. The predicted molar refractivity (Wildman–Crippen MR) is 116 cm³/mol. The standard InChI is InChI=1S/C21H29BrN4O3/c1-2-8-23-19(27)14-25-9-6-17(7-10-25)24-21(29)15-11-20(28)26(13-15)18-5-3-4-16(22)12-18/h3-5,12,15,17H,2,6-11,13-14H2,1H3,(H,23,27)(H,24,29). The van der Waals surface area contributed by atoms with Crippen molar-refractivity contribution in [3.63, 3.8) is 0 Å². The normalized spacial score (nSPS) is 20.7. The van der Waals surface area contributed by atoms with Gasteiger partial charge in [-0.25, -0.2) is 0 Å². The third-order valence-corrected chi connectivity index (χ3v) is 5.98. The SMILES string of the molecule is CCCNC(=O)CN1CCC(NC(=O)C2CC(=O)N(c3cccc(Br)c3)C2)CC1. The van der Waals surface area contributed by atoms with E-state index in [0.717, 1.165) is 42.5 Å². The van der Waals surface area contributed by atoms with Crippen molar-refractivity contribution >= 4 is 39.3 Å².